The fourth-order valence-electron chi connectivity index (χ4n) is 2.95. The van der Waals surface area contributed by atoms with Gasteiger partial charge >= 0.3 is 0 Å². The molecule has 0 aromatic heterocycles. The number of amides is 2. The molecule has 1 heterocycles. The standard InChI is InChI=1S/C21H25N3O6S2/c1-29-18-6-2-16(3-7-18)22-20(25)14-31-15-21(26)23-17-4-8-19(9-5-17)32(27,28)24-10-12-30-13-11-24/h2-9H,10-15H2,1H3,(H,22,25)(H,23,26). The fourth-order valence-corrected chi connectivity index (χ4v) is 4.98. The van der Waals surface area contributed by atoms with Crippen molar-refractivity contribution in [3.63, 3.8) is 0 Å². The van der Waals surface area contributed by atoms with E-state index in [0.29, 0.717) is 43.4 Å². The lowest BCUT2D eigenvalue weighted by Crippen LogP contribution is -2.40. The van der Waals surface area contributed by atoms with Gasteiger partial charge in [0.1, 0.15) is 5.75 Å². The van der Waals surface area contributed by atoms with E-state index in [1.165, 1.54) is 28.2 Å². The summed E-state index contributed by atoms with van der Waals surface area (Å²) in [5, 5.41) is 5.45. The number of anilines is 2. The number of thioether (sulfide) groups is 1. The third kappa shape index (κ3) is 6.70. The molecular weight excluding hydrogens is 454 g/mol. The second-order valence-corrected chi connectivity index (χ2v) is 9.78. The zero-order valence-corrected chi connectivity index (χ0v) is 19.2. The molecule has 1 saturated heterocycles. The van der Waals surface area contributed by atoms with E-state index in [9.17, 15) is 18.0 Å². The van der Waals surface area contributed by atoms with Gasteiger partial charge in [0.25, 0.3) is 0 Å². The molecule has 2 N–H and O–H groups in total. The van der Waals surface area contributed by atoms with Crippen molar-refractivity contribution in [2.75, 3.05) is 55.6 Å². The number of morpholine rings is 1. The monoisotopic (exact) mass is 479 g/mol. The number of nitrogens with one attached hydrogen (secondary N) is 2. The highest BCUT2D eigenvalue weighted by Crippen LogP contribution is 2.20. The summed E-state index contributed by atoms with van der Waals surface area (Å²) in [6.45, 7) is 1.40. The molecule has 0 bridgehead atoms. The van der Waals surface area contributed by atoms with E-state index in [4.69, 9.17) is 9.47 Å². The Labute approximate surface area is 191 Å². The average molecular weight is 480 g/mol. The van der Waals surface area contributed by atoms with Gasteiger partial charge in [-0.3, -0.25) is 9.59 Å². The van der Waals surface area contributed by atoms with Crippen molar-refractivity contribution in [2.45, 2.75) is 4.90 Å². The minimum Gasteiger partial charge on any atom is -0.497 e. The maximum Gasteiger partial charge on any atom is 0.243 e. The number of hydrogen-bond acceptors (Lipinski definition) is 7. The van der Waals surface area contributed by atoms with E-state index < -0.39 is 10.0 Å². The number of hydrogen-bond donors (Lipinski definition) is 2. The van der Waals surface area contributed by atoms with Crippen molar-refractivity contribution in [3.8, 4) is 5.75 Å². The minimum atomic E-state index is -3.58. The van der Waals surface area contributed by atoms with Crippen molar-refractivity contribution in [1.29, 1.82) is 0 Å². The molecule has 1 aliphatic rings. The van der Waals surface area contributed by atoms with Gasteiger partial charge in [-0.1, -0.05) is 0 Å². The van der Waals surface area contributed by atoms with E-state index in [0.717, 1.165) is 0 Å². The number of ether oxygens (including phenoxy) is 2. The van der Waals surface area contributed by atoms with Gasteiger partial charge in [-0.25, -0.2) is 8.42 Å². The van der Waals surface area contributed by atoms with E-state index in [1.54, 1.807) is 43.5 Å². The first-order valence-electron chi connectivity index (χ1n) is 9.88. The molecule has 0 unspecified atom stereocenters. The summed E-state index contributed by atoms with van der Waals surface area (Å²) < 4.78 is 36.9. The van der Waals surface area contributed by atoms with Crippen LogP contribution in [0, 0.1) is 0 Å². The third-order valence-electron chi connectivity index (χ3n) is 4.59. The van der Waals surface area contributed by atoms with E-state index in [1.807, 2.05) is 0 Å². The molecule has 0 saturated carbocycles. The quantitative estimate of drug-likeness (QED) is 0.566. The maximum absolute atomic E-state index is 12.6. The Morgan fingerprint density at radius 1 is 0.938 bits per heavy atom. The van der Waals surface area contributed by atoms with Crippen LogP contribution in [0.15, 0.2) is 53.4 Å². The molecule has 0 spiro atoms. The second-order valence-electron chi connectivity index (χ2n) is 6.86. The lowest BCUT2D eigenvalue weighted by atomic mass is 10.3. The molecule has 2 amide bonds. The molecule has 0 atom stereocenters. The number of carbonyl (C=O) groups is 2. The lowest BCUT2D eigenvalue weighted by Gasteiger charge is -2.26. The van der Waals surface area contributed by atoms with Crippen LogP contribution in [-0.4, -0.2) is 69.5 Å². The van der Waals surface area contributed by atoms with Crippen LogP contribution in [0.2, 0.25) is 0 Å². The Balaban J connectivity index is 1.43. The third-order valence-corrected chi connectivity index (χ3v) is 7.43. The fraction of sp³-hybridized carbons (Fsp3) is 0.333. The van der Waals surface area contributed by atoms with Gasteiger partial charge in [0.15, 0.2) is 0 Å². The summed E-state index contributed by atoms with van der Waals surface area (Å²) >= 11 is 1.18. The van der Waals surface area contributed by atoms with Gasteiger partial charge in [-0.15, -0.1) is 11.8 Å². The SMILES string of the molecule is COc1ccc(NC(=O)CSCC(=O)Nc2ccc(S(=O)(=O)N3CCOCC3)cc2)cc1. The van der Waals surface area contributed by atoms with Gasteiger partial charge in [-0.05, 0) is 48.5 Å². The Morgan fingerprint density at radius 3 is 1.94 bits per heavy atom. The Hall–Kier alpha value is -2.60. The van der Waals surface area contributed by atoms with E-state index in [2.05, 4.69) is 10.6 Å². The Bertz CT molecular complexity index is 1020. The summed E-state index contributed by atoms with van der Waals surface area (Å²) in [5.74, 6) is 0.405. The van der Waals surface area contributed by atoms with Crippen LogP contribution < -0.4 is 15.4 Å². The van der Waals surface area contributed by atoms with Crippen LogP contribution in [0.4, 0.5) is 11.4 Å². The minimum absolute atomic E-state index is 0.0872. The summed E-state index contributed by atoms with van der Waals surface area (Å²) in [6, 6.07) is 13.0. The van der Waals surface area contributed by atoms with Crippen LogP contribution in [0.25, 0.3) is 0 Å². The first-order chi connectivity index (χ1) is 15.4. The van der Waals surface area contributed by atoms with Gasteiger partial charge in [-0.2, -0.15) is 4.31 Å². The van der Waals surface area contributed by atoms with Crippen LogP contribution in [-0.2, 0) is 24.3 Å². The van der Waals surface area contributed by atoms with Crippen molar-refractivity contribution in [2.24, 2.45) is 0 Å². The molecule has 172 valence electrons. The number of benzene rings is 2. The number of carbonyl (C=O) groups excluding carboxylic acids is 2. The maximum atomic E-state index is 12.6. The van der Waals surface area contributed by atoms with Gasteiger partial charge in [0, 0.05) is 24.5 Å². The Kier molecular flexibility index (Phi) is 8.51. The highest BCUT2D eigenvalue weighted by atomic mass is 32.2. The molecule has 9 nitrogen and oxygen atoms in total. The van der Waals surface area contributed by atoms with Gasteiger partial charge in [0.2, 0.25) is 21.8 Å². The van der Waals surface area contributed by atoms with E-state index in [-0.39, 0.29) is 28.2 Å². The highest BCUT2D eigenvalue weighted by Gasteiger charge is 2.26. The highest BCUT2D eigenvalue weighted by molar-refractivity contribution is 8.00. The smallest absolute Gasteiger partial charge is 0.243 e. The average Bonchev–Trinajstić information content (AvgIpc) is 2.80. The van der Waals surface area contributed by atoms with Crippen LogP contribution >= 0.6 is 11.8 Å². The zero-order chi connectivity index (χ0) is 23.0. The van der Waals surface area contributed by atoms with Crippen molar-refractivity contribution >= 4 is 45.0 Å². The van der Waals surface area contributed by atoms with Crippen molar-refractivity contribution < 1.29 is 27.5 Å². The first-order valence-corrected chi connectivity index (χ1v) is 12.5. The molecule has 1 fully saturated rings. The number of methoxy groups -OCH3 is 1. The lowest BCUT2D eigenvalue weighted by molar-refractivity contribution is -0.114. The van der Waals surface area contributed by atoms with Crippen molar-refractivity contribution in [3.05, 3.63) is 48.5 Å². The largest absolute Gasteiger partial charge is 0.497 e. The van der Waals surface area contributed by atoms with Gasteiger partial charge in [0.05, 0.1) is 36.7 Å². The van der Waals surface area contributed by atoms with Crippen LogP contribution in [0.3, 0.4) is 0 Å². The van der Waals surface area contributed by atoms with Crippen LogP contribution in [0.5, 0.6) is 5.75 Å². The van der Waals surface area contributed by atoms with Crippen molar-refractivity contribution in [1.82, 2.24) is 4.31 Å². The predicted molar refractivity (Wildman–Crippen MR) is 124 cm³/mol. The molecule has 0 aliphatic carbocycles. The molecule has 11 heteroatoms. The summed E-state index contributed by atoms with van der Waals surface area (Å²) in [5.41, 5.74) is 1.13. The molecule has 32 heavy (non-hydrogen) atoms. The summed E-state index contributed by atoms with van der Waals surface area (Å²) in [6.07, 6.45) is 0. The van der Waals surface area contributed by atoms with Crippen LogP contribution in [0.1, 0.15) is 0 Å². The molecule has 0 radical (unpaired) electrons. The molecule has 3 rings (SSSR count). The number of sulfonamides is 1. The number of rotatable bonds is 9. The summed E-state index contributed by atoms with van der Waals surface area (Å²) in [7, 11) is -2.01. The molecule has 2 aromatic carbocycles. The predicted octanol–water partition coefficient (Wildman–Crippen LogP) is 2.03. The number of nitrogens with zero attached hydrogens (tertiary/aromatic N) is 1. The van der Waals surface area contributed by atoms with E-state index >= 15 is 0 Å². The normalized spacial score (nSPS) is 14.5. The Morgan fingerprint density at radius 2 is 1.44 bits per heavy atom. The summed E-state index contributed by atoms with van der Waals surface area (Å²) in [4.78, 5) is 24.3. The first kappa shape index (κ1) is 24.1. The second kappa shape index (κ2) is 11.3. The van der Waals surface area contributed by atoms with Gasteiger partial charge < -0.3 is 20.1 Å². The molecule has 1 aliphatic heterocycles. The zero-order valence-electron chi connectivity index (χ0n) is 17.6. The molecule has 2 aromatic rings. The molecular formula is C21H25N3O6S2. The topological polar surface area (TPSA) is 114 Å².